The van der Waals surface area contributed by atoms with E-state index < -0.39 is 0 Å². The second-order valence-electron chi connectivity index (χ2n) is 8.55. The summed E-state index contributed by atoms with van der Waals surface area (Å²) in [4.78, 5) is 12.0. The molecule has 0 radical (unpaired) electrons. The predicted octanol–water partition coefficient (Wildman–Crippen LogP) is 7.66. The van der Waals surface area contributed by atoms with E-state index in [0.29, 0.717) is 11.8 Å². The van der Waals surface area contributed by atoms with Gasteiger partial charge in [0.05, 0.1) is 10.6 Å². The van der Waals surface area contributed by atoms with E-state index >= 15 is 0 Å². The molecule has 0 spiro atoms. The summed E-state index contributed by atoms with van der Waals surface area (Å²) in [5, 5.41) is 0. The third-order valence-electron chi connectivity index (χ3n) is 5.79. The Morgan fingerprint density at radius 3 is 2.45 bits per heavy atom. The number of hydrogen-bond donors (Lipinski definition) is 0. The molecule has 0 bridgehead atoms. The molecule has 0 fully saturated rings. The van der Waals surface area contributed by atoms with Crippen molar-refractivity contribution in [3.63, 3.8) is 0 Å². The van der Waals surface area contributed by atoms with Gasteiger partial charge in [-0.15, -0.1) is 11.3 Å². The molecule has 31 heavy (non-hydrogen) atoms. The zero-order valence-electron chi connectivity index (χ0n) is 18.6. The standard InChI is InChI=1S/C28H30N2S/c1-20(2)24-11-7-8-22(18-24)19-28-29-17-16-26(30-28)27-15-14-25(31-27)13-12-21(3)23-9-5-4-6-10-23/h4-11,14-18,20-21H,12-13,19H2,1-3H3/t21-/m0/s1. The van der Waals surface area contributed by atoms with Gasteiger partial charge in [-0.1, -0.05) is 75.4 Å². The predicted molar refractivity (Wildman–Crippen MR) is 132 cm³/mol. The van der Waals surface area contributed by atoms with Crippen molar-refractivity contribution < 1.29 is 0 Å². The second kappa shape index (κ2) is 10.0. The van der Waals surface area contributed by atoms with Crippen molar-refractivity contribution in [2.75, 3.05) is 0 Å². The Morgan fingerprint density at radius 1 is 0.839 bits per heavy atom. The molecule has 2 aromatic carbocycles. The molecule has 0 amide bonds. The summed E-state index contributed by atoms with van der Waals surface area (Å²) in [5.41, 5.74) is 5.07. The SMILES string of the molecule is CC(C)c1cccc(Cc2nccc(-c3ccc(CC[C@H](C)c4ccccc4)s3)n2)c1. The molecule has 2 heterocycles. The first-order chi connectivity index (χ1) is 15.1. The van der Waals surface area contributed by atoms with Gasteiger partial charge in [-0.3, -0.25) is 0 Å². The first-order valence-corrected chi connectivity index (χ1v) is 11.9. The van der Waals surface area contributed by atoms with E-state index in [0.717, 1.165) is 30.8 Å². The third kappa shape index (κ3) is 5.68. The average molecular weight is 427 g/mol. The molecule has 0 saturated carbocycles. The van der Waals surface area contributed by atoms with Crippen LogP contribution in [0, 0.1) is 0 Å². The van der Waals surface area contributed by atoms with Crippen LogP contribution in [0.5, 0.6) is 0 Å². The molecule has 0 unspecified atom stereocenters. The number of rotatable bonds is 8. The molecule has 2 aromatic heterocycles. The van der Waals surface area contributed by atoms with Crippen LogP contribution in [0.2, 0.25) is 0 Å². The third-order valence-corrected chi connectivity index (χ3v) is 6.96. The highest BCUT2D eigenvalue weighted by atomic mass is 32.1. The summed E-state index contributed by atoms with van der Waals surface area (Å²) in [5.74, 6) is 1.98. The van der Waals surface area contributed by atoms with E-state index in [-0.39, 0.29) is 0 Å². The minimum absolute atomic E-state index is 0.529. The molecule has 0 saturated heterocycles. The molecule has 0 N–H and O–H groups in total. The van der Waals surface area contributed by atoms with E-state index in [2.05, 4.69) is 92.5 Å². The van der Waals surface area contributed by atoms with Crippen molar-refractivity contribution in [1.29, 1.82) is 0 Å². The topological polar surface area (TPSA) is 25.8 Å². The Morgan fingerprint density at radius 2 is 1.65 bits per heavy atom. The number of aryl methyl sites for hydroxylation is 1. The van der Waals surface area contributed by atoms with Gasteiger partial charge in [0.2, 0.25) is 0 Å². The van der Waals surface area contributed by atoms with E-state index in [1.807, 2.05) is 23.6 Å². The zero-order chi connectivity index (χ0) is 21.6. The fraction of sp³-hybridized carbons (Fsp3) is 0.286. The number of nitrogens with zero attached hydrogens (tertiary/aromatic N) is 2. The Labute approximate surface area is 190 Å². The second-order valence-corrected chi connectivity index (χ2v) is 9.72. The van der Waals surface area contributed by atoms with E-state index in [1.165, 1.54) is 26.4 Å². The van der Waals surface area contributed by atoms with Crippen molar-refractivity contribution >= 4 is 11.3 Å². The molecule has 4 aromatic rings. The van der Waals surface area contributed by atoms with Crippen LogP contribution in [-0.4, -0.2) is 9.97 Å². The zero-order valence-corrected chi connectivity index (χ0v) is 19.4. The van der Waals surface area contributed by atoms with Crippen LogP contribution >= 0.6 is 11.3 Å². The van der Waals surface area contributed by atoms with Gasteiger partial charge < -0.3 is 0 Å². The lowest BCUT2D eigenvalue weighted by molar-refractivity contribution is 0.684. The molecule has 0 aliphatic carbocycles. The number of thiophene rings is 1. The van der Waals surface area contributed by atoms with Crippen LogP contribution in [-0.2, 0) is 12.8 Å². The molecular formula is C28H30N2S. The maximum Gasteiger partial charge on any atom is 0.133 e. The van der Waals surface area contributed by atoms with E-state index in [4.69, 9.17) is 4.98 Å². The Balaban J connectivity index is 1.42. The van der Waals surface area contributed by atoms with Gasteiger partial charge in [-0.05, 0) is 59.6 Å². The van der Waals surface area contributed by atoms with Gasteiger partial charge in [0.1, 0.15) is 5.82 Å². The number of hydrogen-bond acceptors (Lipinski definition) is 3. The molecule has 158 valence electrons. The minimum atomic E-state index is 0.529. The van der Waals surface area contributed by atoms with E-state index in [9.17, 15) is 0 Å². The normalized spacial score (nSPS) is 12.3. The molecule has 3 heteroatoms. The van der Waals surface area contributed by atoms with Gasteiger partial charge in [-0.25, -0.2) is 9.97 Å². The summed E-state index contributed by atoms with van der Waals surface area (Å²) in [6.45, 7) is 6.77. The molecule has 0 aliphatic rings. The lowest BCUT2D eigenvalue weighted by Crippen LogP contribution is -1.98. The fourth-order valence-corrected chi connectivity index (χ4v) is 4.82. The smallest absolute Gasteiger partial charge is 0.133 e. The lowest BCUT2D eigenvalue weighted by Gasteiger charge is -2.10. The quantitative estimate of drug-likeness (QED) is 0.289. The van der Waals surface area contributed by atoms with Crippen molar-refractivity contribution in [3.8, 4) is 10.6 Å². The monoisotopic (exact) mass is 426 g/mol. The molecule has 1 atom stereocenters. The van der Waals surface area contributed by atoms with Gasteiger partial charge >= 0.3 is 0 Å². The summed E-state index contributed by atoms with van der Waals surface area (Å²) in [6.07, 6.45) is 4.91. The van der Waals surface area contributed by atoms with Crippen molar-refractivity contribution in [1.82, 2.24) is 9.97 Å². The fourth-order valence-electron chi connectivity index (χ4n) is 3.82. The van der Waals surface area contributed by atoms with Crippen molar-refractivity contribution in [2.45, 2.75) is 51.9 Å². The molecule has 4 rings (SSSR count). The van der Waals surface area contributed by atoms with Crippen LogP contribution in [0.15, 0.2) is 79.0 Å². The Kier molecular flexibility index (Phi) is 6.93. The van der Waals surface area contributed by atoms with Gasteiger partial charge in [0.15, 0.2) is 0 Å². The number of benzene rings is 2. The Hall–Kier alpha value is -2.78. The molecule has 2 nitrogen and oxygen atoms in total. The average Bonchev–Trinajstić information content (AvgIpc) is 3.27. The molecule has 0 aliphatic heterocycles. The van der Waals surface area contributed by atoms with Gasteiger partial charge in [0, 0.05) is 17.5 Å². The maximum atomic E-state index is 4.87. The van der Waals surface area contributed by atoms with Crippen LogP contribution in [0.1, 0.15) is 66.4 Å². The summed E-state index contributed by atoms with van der Waals surface area (Å²) < 4.78 is 0. The minimum Gasteiger partial charge on any atom is -0.241 e. The van der Waals surface area contributed by atoms with E-state index in [1.54, 1.807) is 0 Å². The summed E-state index contributed by atoms with van der Waals surface area (Å²) in [7, 11) is 0. The largest absolute Gasteiger partial charge is 0.241 e. The van der Waals surface area contributed by atoms with Crippen molar-refractivity contribution in [3.05, 3.63) is 106 Å². The van der Waals surface area contributed by atoms with Crippen LogP contribution in [0.3, 0.4) is 0 Å². The van der Waals surface area contributed by atoms with Gasteiger partial charge in [-0.2, -0.15) is 0 Å². The van der Waals surface area contributed by atoms with Crippen LogP contribution in [0.4, 0.5) is 0 Å². The highest BCUT2D eigenvalue weighted by Gasteiger charge is 2.10. The lowest BCUT2D eigenvalue weighted by atomic mass is 9.96. The summed E-state index contributed by atoms with van der Waals surface area (Å²) in [6, 6.07) is 26.0. The summed E-state index contributed by atoms with van der Waals surface area (Å²) >= 11 is 1.85. The maximum absolute atomic E-state index is 4.87. The van der Waals surface area contributed by atoms with Crippen LogP contribution < -0.4 is 0 Å². The highest BCUT2D eigenvalue weighted by Crippen LogP contribution is 2.29. The first kappa shape index (κ1) is 21.5. The first-order valence-electron chi connectivity index (χ1n) is 11.1. The van der Waals surface area contributed by atoms with Crippen molar-refractivity contribution in [2.24, 2.45) is 0 Å². The Bertz CT molecular complexity index is 1110. The highest BCUT2D eigenvalue weighted by molar-refractivity contribution is 7.15. The number of aromatic nitrogens is 2. The molecular weight excluding hydrogens is 396 g/mol. The van der Waals surface area contributed by atoms with Gasteiger partial charge in [0.25, 0.3) is 0 Å². The van der Waals surface area contributed by atoms with Crippen LogP contribution in [0.25, 0.3) is 10.6 Å².